The zero-order valence-corrected chi connectivity index (χ0v) is 17.4. The zero-order valence-electron chi connectivity index (χ0n) is 17.4. The number of pyridine rings is 1. The Morgan fingerprint density at radius 2 is 1.61 bits per heavy atom. The molecule has 1 aromatic heterocycles. The van der Waals surface area contributed by atoms with Crippen LogP contribution in [0.1, 0.15) is 36.0 Å². The van der Waals surface area contributed by atoms with Crippen molar-refractivity contribution in [2.45, 2.75) is 31.9 Å². The van der Waals surface area contributed by atoms with Crippen LogP contribution in [0.25, 0.3) is 10.9 Å². The van der Waals surface area contributed by atoms with Crippen molar-refractivity contribution < 1.29 is 18.4 Å². The number of piperazine rings is 1. The van der Waals surface area contributed by atoms with Crippen molar-refractivity contribution >= 4 is 28.4 Å². The Morgan fingerprint density at radius 3 is 2.29 bits per heavy atom. The average Bonchev–Trinajstić information content (AvgIpc) is 3.64. The van der Waals surface area contributed by atoms with E-state index in [0.717, 1.165) is 12.8 Å². The van der Waals surface area contributed by atoms with E-state index >= 15 is 0 Å². The van der Waals surface area contributed by atoms with E-state index in [1.807, 2.05) is 9.80 Å². The number of halogens is 2. The summed E-state index contributed by atoms with van der Waals surface area (Å²) in [5, 5.41) is 0.575. The summed E-state index contributed by atoms with van der Waals surface area (Å²) in [5.74, 6) is -0.195. The van der Waals surface area contributed by atoms with Crippen molar-refractivity contribution in [3.63, 3.8) is 0 Å². The molecule has 3 heterocycles. The molecule has 0 spiro atoms. The number of amides is 2. The molecule has 5 rings (SSSR count). The van der Waals surface area contributed by atoms with Gasteiger partial charge in [-0.2, -0.15) is 0 Å². The number of piperidine rings is 1. The van der Waals surface area contributed by atoms with E-state index in [0.29, 0.717) is 74.3 Å². The lowest BCUT2D eigenvalue weighted by Crippen LogP contribution is -2.51. The molecule has 2 aromatic rings. The highest BCUT2D eigenvalue weighted by Crippen LogP contribution is 2.34. The second-order valence-corrected chi connectivity index (χ2v) is 8.74. The third kappa shape index (κ3) is 3.95. The number of carbonyl (C=O) groups excluding carboxylic acids is 2. The maximum atomic E-state index is 14.1. The molecule has 2 amide bonds. The minimum Gasteiger partial charge on any atom is -0.370 e. The van der Waals surface area contributed by atoms with Crippen LogP contribution in [0.15, 0.2) is 24.4 Å². The van der Waals surface area contributed by atoms with Crippen molar-refractivity contribution in [2.75, 3.05) is 44.2 Å². The largest absolute Gasteiger partial charge is 0.370 e. The molecule has 0 bridgehead atoms. The first-order chi connectivity index (χ1) is 15.0. The molecule has 1 aromatic carbocycles. The first-order valence-corrected chi connectivity index (χ1v) is 11.1. The minimum atomic E-state index is -0.850. The topological polar surface area (TPSA) is 56.8 Å². The number of fused-ring (bicyclic) bond motifs is 1. The van der Waals surface area contributed by atoms with Crippen LogP contribution in [-0.4, -0.2) is 72.0 Å². The second kappa shape index (κ2) is 8.05. The molecule has 0 unspecified atom stereocenters. The smallest absolute Gasteiger partial charge is 0.257 e. The van der Waals surface area contributed by atoms with Crippen molar-refractivity contribution in [1.82, 2.24) is 14.8 Å². The standard InChI is InChI=1S/C23H26F2N4O2/c24-16-5-7-27(8-6-16)21-18-13-17(25)3-4-20(18)26-14-19(21)23(31)29-11-9-28(10-12-29)22(30)15-1-2-15/h3-4,13-16H,1-2,5-12H2. The van der Waals surface area contributed by atoms with Gasteiger partial charge in [0, 0.05) is 56.8 Å². The summed E-state index contributed by atoms with van der Waals surface area (Å²) in [4.78, 5) is 35.8. The van der Waals surface area contributed by atoms with Gasteiger partial charge in [-0.25, -0.2) is 8.78 Å². The van der Waals surface area contributed by atoms with Gasteiger partial charge in [0.25, 0.3) is 5.91 Å². The van der Waals surface area contributed by atoms with Crippen LogP contribution >= 0.6 is 0 Å². The molecule has 0 atom stereocenters. The van der Waals surface area contributed by atoms with Crippen molar-refractivity contribution in [2.24, 2.45) is 5.92 Å². The maximum Gasteiger partial charge on any atom is 0.257 e. The summed E-state index contributed by atoms with van der Waals surface area (Å²) in [6.45, 7) is 2.93. The molecular weight excluding hydrogens is 402 g/mol. The maximum absolute atomic E-state index is 14.1. The van der Waals surface area contributed by atoms with Crippen LogP contribution in [-0.2, 0) is 4.79 Å². The number of anilines is 1. The highest BCUT2D eigenvalue weighted by molar-refractivity contribution is 6.07. The number of carbonyl (C=O) groups is 2. The van der Waals surface area contributed by atoms with Crippen molar-refractivity contribution in [3.8, 4) is 0 Å². The molecule has 8 heteroatoms. The Labute approximate surface area is 179 Å². The SMILES string of the molecule is O=C(c1cnc2ccc(F)cc2c1N1CCC(F)CC1)N1CCN(C(=O)C2CC2)CC1. The summed E-state index contributed by atoms with van der Waals surface area (Å²) < 4.78 is 27.8. The molecule has 2 saturated heterocycles. The first-order valence-electron chi connectivity index (χ1n) is 11.1. The zero-order chi connectivity index (χ0) is 21.5. The van der Waals surface area contributed by atoms with Gasteiger partial charge in [0.2, 0.25) is 5.91 Å². The van der Waals surface area contributed by atoms with Gasteiger partial charge in [0.1, 0.15) is 12.0 Å². The third-order valence-corrected chi connectivity index (χ3v) is 6.58. The fraction of sp³-hybridized carbons (Fsp3) is 0.522. The molecule has 1 saturated carbocycles. The molecular formula is C23H26F2N4O2. The lowest BCUT2D eigenvalue weighted by molar-refractivity contribution is -0.134. The number of rotatable bonds is 3. The molecule has 0 N–H and O–H groups in total. The van der Waals surface area contributed by atoms with E-state index in [1.54, 1.807) is 17.2 Å². The molecule has 31 heavy (non-hydrogen) atoms. The van der Waals surface area contributed by atoms with Gasteiger partial charge in [-0.15, -0.1) is 0 Å². The number of alkyl halides is 1. The Bertz CT molecular complexity index is 1010. The van der Waals surface area contributed by atoms with Crippen LogP contribution in [0.3, 0.4) is 0 Å². The number of nitrogens with zero attached hydrogens (tertiary/aromatic N) is 4. The lowest BCUT2D eigenvalue weighted by atomic mass is 10.0. The average molecular weight is 428 g/mol. The van der Waals surface area contributed by atoms with E-state index in [2.05, 4.69) is 4.98 Å². The molecule has 0 radical (unpaired) electrons. The third-order valence-electron chi connectivity index (χ3n) is 6.58. The van der Waals surface area contributed by atoms with Crippen molar-refractivity contribution in [3.05, 3.63) is 35.8 Å². The predicted octanol–water partition coefficient (Wildman–Crippen LogP) is 3.01. The monoisotopic (exact) mass is 428 g/mol. The lowest BCUT2D eigenvalue weighted by Gasteiger charge is -2.37. The molecule has 3 aliphatic rings. The Hall–Kier alpha value is -2.77. The summed E-state index contributed by atoms with van der Waals surface area (Å²) >= 11 is 0. The summed E-state index contributed by atoms with van der Waals surface area (Å²) in [6, 6.07) is 4.36. The van der Waals surface area contributed by atoms with E-state index in [9.17, 15) is 18.4 Å². The van der Waals surface area contributed by atoms with Gasteiger partial charge in [-0.3, -0.25) is 14.6 Å². The van der Waals surface area contributed by atoms with Crippen LogP contribution < -0.4 is 4.90 Å². The van der Waals surface area contributed by atoms with Gasteiger partial charge >= 0.3 is 0 Å². The van der Waals surface area contributed by atoms with Gasteiger partial charge in [0.15, 0.2) is 0 Å². The van der Waals surface area contributed by atoms with Gasteiger partial charge < -0.3 is 14.7 Å². The van der Waals surface area contributed by atoms with Crippen LogP contribution in [0.4, 0.5) is 14.5 Å². The molecule has 3 fully saturated rings. The van der Waals surface area contributed by atoms with E-state index in [4.69, 9.17) is 0 Å². The van der Waals surface area contributed by atoms with Crippen LogP contribution in [0, 0.1) is 11.7 Å². The molecule has 1 aliphatic carbocycles. The van der Waals surface area contributed by atoms with E-state index in [1.165, 1.54) is 12.1 Å². The number of hydrogen-bond donors (Lipinski definition) is 0. The first kappa shape index (κ1) is 20.2. The van der Waals surface area contributed by atoms with Gasteiger partial charge in [-0.05, 0) is 43.9 Å². The Kier molecular flexibility index (Phi) is 5.24. The summed E-state index contributed by atoms with van der Waals surface area (Å²) in [6.07, 6.45) is 3.41. The summed E-state index contributed by atoms with van der Waals surface area (Å²) in [5.41, 5.74) is 1.66. The minimum absolute atomic E-state index is 0.172. The molecule has 6 nitrogen and oxygen atoms in total. The predicted molar refractivity (Wildman–Crippen MR) is 113 cm³/mol. The highest BCUT2D eigenvalue weighted by atomic mass is 19.1. The fourth-order valence-corrected chi connectivity index (χ4v) is 4.61. The quantitative estimate of drug-likeness (QED) is 0.754. The fourth-order valence-electron chi connectivity index (χ4n) is 4.61. The summed E-state index contributed by atoms with van der Waals surface area (Å²) in [7, 11) is 0. The number of benzene rings is 1. The Balaban J connectivity index is 1.44. The molecule has 164 valence electrons. The van der Waals surface area contributed by atoms with E-state index in [-0.39, 0.29) is 17.7 Å². The van der Waals surface area contributed by atoms with E-state index < -0.39 is 12.0 Å². The van der Waals surface area contributed by atoms with Gasteiger partial charge in [-0.1, -0.05) is 0 Å². The second-order valence-electron chi connectivity index (χ2n) is 8.74. The Morgan fingerprint density at radius 1 is 0.935 bits per heavy atom. The number of aromatic nitrogens is 1. The van der Waals surface area contributed by atoms with Gasteiger partial charge in [0.05, 0.1) is 16.8 Å². The number of hydrogen-bond acceptors (Lipinski definition) is 4. The van der Waals surface area contributed by atoms with Crippen LogP contribution in [0.5, 0.6) is 0 Å². The van der Waals surface area contributed by atoms with Crippen molar-refractivity contribution in [1.29, 1.82) is 0 Å². The molecule has 2 aliphatic heterocycles. The van der Waals surface area contributed by atoms with Crippen LogP contribution in [0.2, 0.25) is 0 Å². The normalized spacial score (nSPS) is 20.4. The highest BCUT2D eigenvalue weighted by Gasteiger charge is 2.36.